The van der Waals surface area contributed by atoms with Gasteiger partial charge < -0.3 is 0 Å². The van der Waals surface area contributed by atoms with Crippen LogP contribution in [0, 0.1) is 0 Å². The summed E-state index contributed by atoms with van der Waals surface area (Å²) in [7, 11) is 0. The maximum Gasteiger partial charge on any atom is 0.174 e. The summed E-state index contributed by atoms with van der Waals surface area (Å²) in [5.41, 5.74) is 2.91. The van der Waals surface area contributed by atoms with Crippen LogP contribution in [0.15, 0.2) is 63.9 Å². The van der Waals surface area contributed by atoms with E-state index in [9.17, 15) is 4.79 Å². The molecule has 2 nitrogen and oxygen atoms in total. The Morgan fingerprint density at radius 2 is 1.89 bits per heavy atom. The van der Waals surface area contributed by atoms with E-state index in [1.807, 2.05) is 18.2 Å². The molecule has 0 aliphatic carbocycles. The van der Waals surface area contributed by atoms with Crippen LogP contribution >= 0.6 is 40.3 Å². The third-order valence-electron chi connectivity index (χ3n) is 5.92. The van der Waals surface area contributed by atoms with Crippen LogP contribution in [0.2, 0.25) is 5.02 Å². The van der Waals surface area contributed by atoms with Gasteiger partial charge in [0.25, 0.3) is 0 Å². The number of nitrogens with zero attached hydrogens (tertiary/aromatic N) is 1. The topological polar surface area (TPSA) is 20.3 Å². The number of hydrogen-bond donors (Lipinski definition) is 0. The average Bonchev–Trinajstić information content (AvgIpc) is 2.78. The fourth-order valence-corrected chi connectivity index (χ4v) is 5.58. The van der Waals surface area contributed by atoms with E-state index in [4.69, 9.17) is 11.6 Å². The lowest BCUT2D eigenvalue weighted by Gasteiger charge is -2.41. The van der Waals surface area contributed by atoms with Gasteiger partial charge in [0, 0.05) is 26.9 Å². The maximum atomic E-state index is 13.8. The molecule has 1 saturated heterocycles. The van der Waals surface area contributed by atoms with Gasteiger partial charge in [-0.2, -0.15) is 0 Å². The van der Waals surface area contributed by atoms with Crippen LogP contribution in [0.1, 0.15) is 42.6 Å². The Balaban J connectivity index is 0.00000225. The van der Waals surface area contributed by atoms with Crippen LogP contribution in [0.4, 0.5) is 0 Å². The number of carbonyl (C=O) groups is 1. The number of likely N-dealkylation sites (tertiary alicyclic amines) is 1. The Kier molecular flexibility index (Phi) is 6.76. The van der Waals surface area contributed by atoms with Gasteiger partial charge in [0.05, 0.1) is 5.41 Å². The molecule has 0 aromatic heterocycles. The summed E-state index contributed by atoms with van der Waals surface area (Å²) >= 11 is 7.95. The molecule has 2 heterocycles. The second kappa shape index (κ2) is 8.74. The first-order chi connectivity index (χ1) is 13.0. The molecule has 2 aliphatic rings. The van der Waals surface area contributed by atoms with Gasteiger partial charge in [0.15, 0.2) is 5.78 Å². The van der Waals surface area contributed by atoms with Crippen LogP contribution in [0.3, 0.4) is 0 Å². The molecular weight excluding hydrogens is 454 g/mol. The lowest BCUT2D eigenvalue weighted by Crippen LogP contribution is -2.47. The van der Waals surface area contributed by atoms with E-state index in [0.717, 1.165) is 42.9 Å². The van der Waals surface area contributed by atoms with E-state index in [-0.39, 0.29) is 22.8 Å². The van der Waals surface area contributed by atoms with Crippen molar-refractivity contribution in [2.75, 3.05) is 19.6 Å². The molecule has 0 radical (unpaired) electrons. The summed E-state index contributed by atoms with van der Waals surface area (Å²) in [5, 5.41) is 0.630. The monoisotopic (exact) mass is 477 g/mol. The first kappa shape index (κ1) is 21.6. The zero-order valence-electron chi connectivity index (χ0n) is 16.2. The zero-order valence-corrected chi connectivity index (χ0v) is 19.5. The molecule has 0 atom stereocenters. The molecule has 2 aromatic carbocycles. The molecule has 0 saturated carbocycles. The molecule has 0 N–H and O–H groups in total. The van der Waals surface area contributed by atoms with Gasteiger partial charge in [-0.15, -0.1) is 17.0 Å². The number of halogens is 2. The van der Waals surface area contributed by atoms with Crippen molar-refractivity contribution in [2.24, 2.45) is 0 Å². The lowest BCUT2D eigenvalue weighted by molar-refractivity contribution is 0.0774. The Labute approximate surface area is 187 Å². The standard InChI is InChI=1S/C23H24ClNOS.BrH/c1-3-16(2)15-25-12-10-23(11-13-25)19-6-4-5-7-21(19)27-20-9-8-17(24)14-18(20)22(23)26;/h3-9,14H,10-13,15H2,1-2H3;1H. The van der Waals surface area contributed by atoms with E-state index in [2.05, 4.69) is 49.1 Å². The summed E-state index contributed by atoms with van der Waals surface area (Å²) in [4.78, 5) is 18.5. The maximum absolute atomic E-state index is 13.8. The molecule has 1 spiro atoms. The molecule has 0 bridgehead atoms. The van der Waals surface area contributed by atoms with E-state index in [1.54, 1.807) is 11.8 Å². The third kappa shape index (κ3) is 3.85. The Morgan fingerprint density at radius 3 is 2.61 bits per heavy atom. The third-order valence-corrected chi connectivity index (χ3v) is 7.31. The molecule has 1 fully saturated rings. The summed E-state index contributed by atoms with van der Waals surface area (Å²) < 4.78 is 0. The van der Waals surface area contributed by atoms with Gasteiger partial charge in [0.2, 0.25) is 0 Å². The predicted molar refractivity (Wildman–Crippen MR) is 123 cm³/mol. The summed E-state index contributed by atoms with van der Waals surface area (Å²) in [5.74, 6) is 0.236. The number of carbonyl (C=O) groups excluding carboxylic acids is 1. The van der Waals surface area contributed by atoms with E-state index >= 15 is 0 Å². The minimum Gasteiger partial charge on any atom is -0.299 e. The minimum atomic E-state index is -0.445. The number of allylic oxidation sites excluding steroid dienone is 1. The fourth-order valence-electron chi connectivity index (χ4n) is 4.25. The van der Waals surface area contributed by atoms with Crippen molar-refractivity contribution in [3.8, 4) is 0 Å². The van der Waals surface area contributed by atoms with Crippen molar-refractivity contribution in [1.82, 2.24) is 4.90 Å². The van der Waals surface area contributed by atoms with Gasteiger partial charge in [-0.3, -0.25) is 9.69 Å². The van der Waals surface area contributed by atoms with Crippen molar-refractivity contribution in [1.29, 1.82) is 0 Å². The van der Waals surface area contributed by atoms with E-state index < -0.39 is 5.41 Å². The first-order valence-corrected chi connectivity index (χ1v) is 10.7. The Morgan fingerprint density at radius 1 is 1.18 bits per heavy atom. The smallest absolute Gasteiger partial charge is 0.174 e. The fraction of sp³-hybridized carbons (Fsp3) is 0.348. The number of ketones is 1. The highest BCUT2D eigenvalue weighted by atomic mass is 79.9. The summed E-state index contributed by atoms with van der Waals surface area (Å²) in [6.45, 7) is 7.12. The molecule has 2 aromatic rings. The quantitative estimate of drug-likeness (QED) is 0.456. The van der Waals surface area contributed by atoms with Gasteiger partial charge in [-0.05, 0) is 69.6 Å². The molecule has 0 amide bonds. The molecule has 4 rings (SSSR count). The number of piperidine rings is 1. The number of hydrogen-bond acceptors (Lipinski definition) is 3. The van der Waals surface area contributed by atoms with Crippen LogP contribution in [0.5, 0.6) is 0 Å². The van der Waals surface area contributed by atoms with Crippen molar-refractivity contribution in [2.45, 2.75) is 41.9 Å². The molecule has 28 heavy (non-hydrogen) atoms. The Bertz CT molecular complexity index is 919. The number of rotatable bonds is 2. The van der Waals surface area contributed by atoms with Crippen LogP contribution in [-0.4, -0.2) is 30.3 Å². The van der Waals surface area contributed by atoms with Gasteiger partial charge in [0.1, 0.15) is 0 Å². The average molecular weight is 479 g/mol. The molecular formula is C23H25BrClNOS. The minimum absolute atomic E-state index is 0. The normalized spacial score (nSPS) is 18.8. The van der Waals surface area contributed by atoms with Crippen LogP contribution in [-0.2, 0) is 5.41 Å². The molecule has 0 unspecified atom stereocenters. The highest BCUT2D eigenvalue weighted by Gasteiger charge is 2.46. The first-order valence-electron chi connectivity index (χ1n) is 9.49. The zero-order chi connectivity index (χ0) is 19.0. The summed E-state index contributed by atoms with van der Waals surface area (Å²) in [6.07, 6.45) is 3.88. The predicted octanol–water partition coefficient (Wildman–Crippen LogP) is 6.57. The van der Waals surface area contributed by atoms with Crippen molar-refractivity contribution < 1.29 is 4.79 Å². The lowest BCUT2D eigenvalue weighted by atomic mass is 9.68. The van der Waals surface area contributed by atoms with Gasteiger partial charge in [-0.1, -0.05) is 53.2 Å². The van der Waals surface area contributed by atoms with Crippen molar-refractivity contribution >= 4 is 46.1 Å². The molecule has 5 heteroatoms. The number of Topliss-reactive ketones (excluding diaryl/α,β-unsaturated/α-hetero) is 1. The summed E-state index contributed by atoms with van der Waals surface area (Å²) in [6, 6.07) is 14.2. The highest BCUT2D eigenvalue weighted by Crippen LogP contribution is 2.49. The van der Waals surface area contributed by atoms with Gasteiger partial charge >= 0.3 is 0 Å². The van der Waals surface area contributed by atoms with Crippen LogP contribution < -0.4 is 0 Å². The van der Waals surface area contributed by atoms with E-state index in [0.29, 0.717) is 5.02 Å². The second-order valence-corrected chi connectivity index (χ2v) is 9.08. The Hall–Kier alpha value is -1.07. The van der Waals surface area contributed by atoms with Crippen LogP contribution in [0.25, 0.3) is 0 Å². The molecule has 2 aliphatic heterocycles. The van der Waals surface area contributed by atoms with Crippen molar-refractivity contribution in [3.63, 3.8) is 0 Å². The SMILES string of the molecule is Br.CC=C(C)CN1CCC2(CC1)C(=O)c1cc(Cl)ccc1Sc1ccccc12. The number of benzene rings is 2. The number of fused-ring (bicyclic) bond motifs is 3. The van der Waals surface area contributed by atoms with E-state index in [1.165, 1.54) is 16.0 Å². The second-order valence-electron chi connectivity index (χ2n) is 7.56. The van der Waals surface area contributed by atoms with Crippen molar-refractivity contribution in [3.05, 3.63) is 70.3 Å². The highest BCUT2D eigenvalue weighted by molar-refractivity contribution is 8.93. The largest absolute Gasteiger partial charge is 0.299 e. The van der Waals surface area contributed by atoms with Gasteiger partial charge in [-0.25, -0.2) is 0 Å². The molecule has 148 valence electrons.